The first-order valence-corrected chi connectivity index (χ1v) is 16.8. The van der Waals surface area contributed by atoms with E-state index < -0.39 is 0 Å². The molecule has 0 fully saturated rings. The van der Waals surface area contributed by atoms with Crippen LogP contribution >= 0.6 is 11.8 Å². The average Bonchev–Trinajstić information content (AvgIpc) is 3.76. The molecule has 3 heteroatoms. The molecule has 3 unspecified atom stereocenters. The average molecular weight is 595 g/mol. The maximum atomic E-state index is 2.53. The molecule has 0 bridgehead atoms. The van der Waals surface area contributed by atoms with Gasteiger partial charge in [-0.05, 0) is 83.3 Å². The SMILES string of the molecule is C1=CC2Sc3c(ccc4c3C3CC=C(c5ccc6c(c5)c5ccccc5n6-c5ccccc5)C=C3N4c3ccccc3)C2C=C1. The summed E-state index contributed by atoms with van der Waals surface area (Å²) in [4.78, 5) is 4.03. The molecule has 5 aromatic carbocycles. The Morgan fingerprint density at radius 2 is 1.42 bits per heavy atom. The van der Waals surface area contributed by atoms with Gasteiger partial charge in [0, 0.05) is 49.8 Å². The van der Waals surface area contributed by atoms with Crippen LogP contribution in [0.2, 0.25) is 0 Å². The van der Waals surface area contributed by atoms with Gasteiger partial charge >= 0.3 is 0 Å². The Balaban J connectivity index is 1.12. The van der Waals surface area contributed by atoms with E-state index in [1.54, 1.807) is 0 Å². The van der Waals surface area contributed by atoms with Crippen molar-refractivity contribution in [1.29, 1.82) is 0 Å². The number of rotatable bonds is 3. The summed E-state index contributed by atoms with van der Waals surface area (Å²) in [6, 6.07) is 42.3. The van der Waals surface area contributed by atoms with E-state index in [1.165, 1.54) is 71.7 Å². The molecule has 45 heavy (non-hydrogen) atoms. The summed E-state index contributed by atoms with van der Waals surface area (Å²) in [5.41, 5.74) is 13.2. The highest BCUT2D eigenvalue weighted by Gasteiger charge is 2.42. The number of aromatic nitrogens is 1. The van der Waals surface area contributed by atoms with E-state index in [4.69, 9.17) is 0 Å². The number of thioether (sulfide) groups is 1. The van der Waals surface area contributed by atoms with E-state index in [1.807, 2.05) is 0 Å². The van der Waals surface area contributed by atoms with Crippen LogP contribution in [0, 0.1) is 0 Å². The van der Waals surface area contributed by atoms with Crippen molar-refractivity contribution in [2.45, 2.75) is 28.4 Å². The molecule has 0 amide bonds. The fourth-order valence-corrected chi connectivity index (χ4v) is 9.57. The van der Waals surface area contributed by atoms with Gasteiger partial charge in [-0.2, -0.15) is 0 Å². The van der Waals surface area contributed by atoms with Crippen LogP contribution in [-0.2, 0) is 0 Å². The van der Waals surface area contributed by atoms with Crippen LogP contribution < -0.4 is 4.90 Å². The Bertz CT molecular complexity index is 2290. The van der Waals surface area contributed by atoms with Crippen LogP contribution in [0.4, 0.5) is 11.4 Å². The van der Waals surface area contributed by atoms with Gasteiger partial charge in [0.25, 0.3) is 0 Å². The van der Waals surface area contributed by atoms with Crippen molar-refractivity contribution < 1.29 is 0 Å². The molecule has 2 nitrogen and oxygen atoms in total. The molecule has 10 rings (SSSR count). The molecule has 0 saturated carbocycles. The predicted molar refractivity (Wildman–Crippen MR) is 190 cm³/mol. The second-order valence-corrected chi connectivity index (χ2v) is 13.6. The highest BCUT2D eigenvalue weighted by Crippen LogP contribution is 2.60. The van der Waals surface area contributed by atoms with E-state index in [0.717, 1.165) is 6.42 Å². The molecule has 4 aliphatic rings. The lowest BCUT2D eigenvalue weighted by Gasteiger charge is -2.26. The fraction of sp³-hybridized carbons (Fsp3) is 0.0952. The number of hydrogen-bond donors (Lipinski definition) is 0. The number of benzene rings is 5. The van der Waals surface area contributed by atoms with Gasteiger partial charge in [-0.3, -0.25) is 0 Å². The highest BCUT2D eigenvalue weighted by molar-refractivity contribution is 8.00. The van der Waals surface area contributed by atoms with E-state index in [-0.39, 0.29) is 0 Å². The van der Waals surface area contributed by atoms with Gasteiger partial charge in [0.15, 0.2) is 0 Å². The van der Waals surface area contributed by atoms with Crippen molar-refractivity contribution >= 4 is 50.5 Å². The smallest absolute Gasteiger partial charge is 0.0541 e. The van der Waals surface area contributed by atoms with Crippen molar-refractivity contribution in [2.75, 3.05) is 4.90 Å². The first-order chi connectivity index (χ1) is 22.3. The second kappa shape index (κ2) is 9.76. The van der Waals surface area contributed by atoms with Gasteiger partial charge < -0.3 is 9.47 Å². The van der Waals surface area contributed by atoms with Crippen LogP contribution in [0.5, 0.6) is 0 Å². The lowest BCUT2D eigenvalue weighted by atomic mass is 9.85. The van der Waals surface area contributed by atoms with Crippen molar-refractivity contribution in [3.8, 4) is 5.69 Å². The number of para-hydroxylation sites is 3. The summed E-state index contributed by atoms with van der Waals surface area (Å²) >= 11 is 2.06. The van der Waals surface area contributed by atoms with Gasteiger partial charge in [0.1, 0.15) is 0 Å². The fourth-order valence-electron chi connectivity index (χ4n) is 8.03. The first-order valence-electron chi connectivity index (χ1n) is 15.9. The van der Waals surface area contributed by atoms with Gasteiger partial charge in [-0.1, -0.05) is 97.1 Å². The quantitative estimate of drug-likeness (QED) is 0.201. The monoisotopic (exact) mass is 594 g/mol. The number of allylic oxidation sites excluding steroid dienone is 7. The molecular weight excluding hydrogens is 565 g/mol. The minimum Gasteiger partial charge on any atom is -0.313 e. The molecule has 2 aliphatic carbocycles. The zero-order valence-corrected chi connectivity index (χ0v) is 25.5. The van der Waals surface area contributed by atoms with Gasteiger partial charge in [0.2, 0.25) is 0 Å². The molecule has 3 atom stereocenters. The molecule has 0 N–H and O–H groups in total. The second-order valence-electron chi connectivity index (χ2n) is 12.4. The van der Waals surface area contributed by atoms with Gasteiger partial charge in [-0.15, -0.1) is 11.8 Å². The molecule has 0 spiro atoms. The van der Waals surface area contributed by atoms with Crippen LogP contribution in [0.3, 0.4) is 0 Å². The Morgan fingerprint density at radius 1 is 0.667 bits per heavy atom. The van der Waals surface area contributed by atoms with E-state index >= 15 is 0 Å². The molecule has 214 valence electrons. The number of hydrogen-bond acceptors (Lipinski definition) is 2. The summed E-state index contributed by atoms with van der Waals surface area (Å²) in [7, 11) is 0. The number of anilines is 2. The minimum atomic E-state index is 0.350. The molecule has 0 saturated heterocycles. The Morgan fingerprint density at radius 3 is 2.29 bits per heavy atom. The third-order valence-corrected chi connectivity index (χ3v) is 11.4. The summed E-state index contributed by atoms with van der Waals surface area (Å²) < 4.78 is 2.39. The highest BCUT2D eigenvalue weighted by atomic mass is 32.2. The van der Waals surface area contributed by atoms with Crippen LogP contribution in [0.25, 0.3) is 33.1 Å². The minimum absolute atomic E-state index is 0.350. The molecule has 0 radical (unpaired) electrons. The third-order valence-electron chi connectivity index (χ3n) is 10.0. The maximum absolute atomic E-state index is 2.53. The van der Waals surface area contributed by atoms with Crippen LogP contribution in [0.15, 0.2) is 162 Å². The third kappa shape index (κ3) is 3.71. The van der Waals surface area contributed by atoms with Crippen molar-refractivity contribution in [2.24, 2.45) is 0 Å². The van der Waals surface area contributed by atoms with Crippen molar-refractivity contribution in [1.82, 2.24) is 4.57 Å². The maximum Gasteiger partial charge on any atom is 0.0541 e. The van der Waals surface area contributed by atoms with E-state index in [2.05, 4.69) is 173 Å². The van der Waals surface area contributed by atoms with Gasteiger partial charge in [-0.25, -0.2) is 0 Å². The molecule has 6 aromatic rings. The van der Waals surface area contributed by atoms with E-state index in [9.17, 15) is 0 Å². The number of nitrogens with zero attached hydrogens (tertiary/aromatic N) is 2. The predicted octanol–water partition coefficient (Wildman–Crippen LogP) is 11.1. The van der Waals surface area contributed by atoms with Crippen molar-refractivity contribution in [3.63, 3.8) is 0 Å². The zero-order chi connectivity index (χ0) is 29.5. The molecule has 2 aliphatic heterocycles. The number of fused-ring (bicyclic) bond motifs is 10. The molecule has 3 heterocycles. The summed E-state index contributed by atoms with van der Waals surface area (Å²) in [5, 5.41) is 3.08. The molecular formula is C42H30N2S. The lowest BCUT2D eigenvalue weighted by Crippen LogP contribution is -2.15. The summed E-state index contributed by atoms with van der Waals surface area (Å²) in [6.45, 7) is 0. The molecule has 1 aromatic heterocycles. The van der Waals surface area contributed by atoms with Crippen molar-refractivity contribution in [3.05, 3.63) is 174 Å². The van der Waals surface area contributed by atoms with Crippen LogP contribution in [0.1, 0.15) is 34.9 Å². The van der Waals surface area contributed by atoms with Crippen LogP contribution in [-0.4, -0.2) is 9.82 Å². The van der Waals surface area contributed by atoms with E-state index in [0.29, 0.717) is 17.1 Å². The summed E-state index contributed by atoms with van der Waals surface area (Å²) in [6.07, 6.45) is 15.2. The Hall–Kier alpha value is -4.99. The van der Waals surface area contributed by atoms with Gasteiger partial charge in [0.05, 0.1) is 16.7 Å². The largest absolute Gasteiger partial charge is 0.313 e. The Labute approximate surface area is 267 Å². The summed E-state index contributed by atoms with van der Waals surface area (Å²) in [5.74, 6) is 0.821. The Kier molecular flexibility index (Phi) is 5.50. The lowest BCUT2D eigenvalue weighted by molar-refractivity contribution is 0.801. The first kappa shape index (κ1) is 25.3. The zero-order valence-electron chi connectivity index (χ0n) is 24.7. The standard InChI is InChI=1S/C42H30N2S/c1-3-11-29(12-4-1)43-36-17-9-7-15-31(36)35-25-27(20-23-37(35)43)28-19-21-34-39(26-28)44(30-13-5-2-6-14-30)38-24-22-33-32-16-8-10-18-40(32)45-42(33)41(34)38/h1-20,22-26,32,34,40H,21H2. The topological polar surface area (TPSA) is 8.17 Å². The normalized spacial score (nSPS) is 21.0.